The molecule has 4 atom stereocenters. The van der Waals surface area contributed by atoms with Gasteiger partial charge in [-0.05, 0) is 29.8 Å². The molecule has 27 heavy (non-hydrogen) atoms. The number of likely N-dealkylation sites (N-methyl/N-ethyl adjacent to an activating group) is 1. The van der Waals surface area contributed by atoms with Crippen LogP contribution in [0.3, 0.4) is 0 Å². The van der Waals surface area contributed by atoms with Crippen LogP contribution in [0.5, 0.6) is 0 Å². The number of carbonyl (C=O) groups excluding carboxylic acids is 1. The predicted octanol–water partition coefficient (Wildman–Crippen LogP) is 3.10. The Morgan fingerprint density at radius 3 is 2.11 bits per heavy atom. The number of rotatable bonds is 2. The lowest BCUT2D eigenvalue weighted by molar-refractivity contribution is -0.118. The molecule has 0 saturated carbocycles. The van der Waals surface area contributed by atoms with Gasteiger partial charge in [-0.3, -0.25) is 9.28 Å². The van der Waals surface area contributed by atoms with E-state index in [-0.39, 0.29) is 11.8 Å². The van der Waals surface area contributed by atoms with Crippen LogP contribution in [-0.2, 0) is 15.3 Å². The molecule has 2 aliphatic rings. The fourth-order valence-electron chi connectivity index (χ4n) is 4.31. The van der Waals surface area contributed by atoms with E-state index in [1.807, 2.05) is 6.07 Å². The van der Waals surface area contributed by atoms with Gasteiger partial charge in [0, 0.05) is 12.3 Å². The molecule has 0 N–H and O–H groups in total. The molecule has 0 aliphatic carbocycles. The van der Waals surface area contributed by atoms with Gasteiger partial charge in [-0.15, -0.1) is 3.89 Å². The van der Waals surface area contributed by atoms with E-state index in [1.54, 1.807) is 6.08 Å². The summed E-state index contributed by atoms with van der Waals surface area (Å²) in [7, 11) is -3.20. The van der Waals surface area contributed by atoms with E-state index in [0.717, 1.165) is 6.42 Å². The molecular formula is C20H20FNO4S. The Morgan fingerprint density at radius 1 is 1.04 bits per heavy atom. The minimum Gasteiger partial charge on any atom is -0.722 e. The fourth-order valence-corrected chi connectivity index (χ4v) is 4.31. The minimum atomic E-state index is -5.42. The van der Waals surface area contributed by atoms with Gasteiger partial charge in [0.25, 0.3) is 10.5 Å². The molecule has 0 aromatic heterocycles. The number of para-hydroxylation sites is 1. The standard InChI is InChI=1S/C20H20NO.FHO3S/c1-21(16-10-6-3-7-11-16)18-12-13-20(22)19(21)14-17(18)15-8-4-2-5-9-15;1-5(2,3)4/h2-13,17-19H,14H2,1H3;(H,2,3,4)/q+1;/p-1/t17-,18?,19?,21?;/m0./s1. The van der Waals surface area contributed by atoms with Gasteiger partial charge < -0.3 is 4.55 Å². The van der Waals surface area contributed by atoms with Crippen molar-refractivity contribution in [2.45, 2.75) is 24.4 Å². The Balaban J connectivity index is 0.000000376. The zero-order valence-electron chi connectivity index (χ0n) is 14.7. The highest BCUT2D eigenvalue weighted by Crippen LogP contribution is 2.48. The first kappa shape index (κ1) is 19.4. The minimum absolute atomic E-state index is 0.0302. The van der Waals surface area contributed by atoms with E-state index in [0.29, 0.717) is 16.4 Å². The largest absolute Gasteiger partial charge is 0.722 e. The molecule has 2 aromatic rings. The Morgan fingerprint density at radius 2 is 1.56 bits per heavy atom. The van der Waals surface area contributed by atoms with Crippen LogP contribution in [-0.4, -0.2) is 37.9 Å². The highest BCUT2D eigenvalue weighted by Gasteiger charge is 2.57. The van der Waals surface area contributed by atoms with E-state index >= 15 is 0 Å². The number of nitrogens with zero attached hydrogens (tertiary/aromatic N) is 1. The highest BCUT2D eigenvalue weighted by atomic mass is 32.3. The van der Waals surface area contributed by atoms with Crippen molar-refractivity contribution in [2.24, 2.45) is 0 Å². The molecule has 1 saturated heterocycles. The van der Waals surface area contributed by atoms with Gasteiger partial charge in [0.05, 0.1) is 7.05 Å². The fraction of sp³-hybridized carbons (Fsp3) is 0.250. The molecule has 2 aromatic carbocycles. The molecule has 1 fully saturated rings. The van der Waals surface area contributed by atoms with Crippen molar-refractivity contribution in [2.75, 3.05) is 7.05 Å². The first-order valence-electron chi connectivity index (χ1n) is 8.55. The lowest BCUT2D eigenvalue weighted by atomic mass is 9.91. The van der Waals surface area contributed by atoms with E-state index in [4.69, 9.17) is 13.0 Å². The van der Waals surface area contributed by atoms with Crippen LogP contribution in [0.1, 0.15) is 17.9 Å². The summed E-state index contributed by atoms with van der Waals surface area (Å²) in [6.07, 6.45) is 4.86. The van der Waals surface area contributed by atoms with Gasteiger partial charge in [0.15, 0.2) is 6.04 Å². The number of halogens is 1. The average Bonchev–Trinajstić information content (AvgIpc) is 2.81. The summed E-state index contributed by atoms with van der Waals surface area (Å²) in [5, 5.41) is 0. The number of ketones is 1. The van der Waals surface area contributed by atoms with Crippen molar-refractivity contribution < 1.29 is 21.7 Å². The van der Waals surface area contributed by atoms with Crippen LogP contribution >= 0.6 is 0 Å². The summed E-state index contributed by atoms with van der Waals surface area (Å²) in [6, 6.07) is 21.5. The maximum Gasteiger partial charge on any atom is 0.255 e. The van der Waals surface area contributed by atoms with Gasteiger partial charge in [0.2, 0.25) is 5.78 Å². The van der Waals surface area contributed by atoms with Gasteiger partial charge in [0.1, 0.15) is 11.7 Å². The van der Waals surface area contributed by atoms with Crippen LogP contribution in [0, 0.1) is 0 Å². The SMILES string of the molecule is C[N+]1(c2ccccc2)C2C[C@@H](c3ccccc3)C1C=CC2=O.O=S(=O)([O-])F. The Kier molecular flexibility index (Phi) is 5.28. The molecule has 5 nitrogen and oxygen atoms in total. The summed E-state index contributed by atoms with van der Waals surface area (Å²) < 4.78 is 36.0. The van der Waals surface area contributed by atoms with Crippen LogP contribution < -0.4 is 4.48 Å². The third kappa shape index (κ3) is 4.00. The van der Waals surface area contributed by atoms with Crippen molar-refractivity contribution in [1.29, 1.82) is 0 Å². The van der Waals surface area contributed by atoms with E-state index in [9.17, 15) is 8.68 Å². The maximum atomic E-state index is 12.5. The molecule has 142 valence electrons. The van der Waals surface area contributed by atoms with Crippen LogP contribution in [0.4, 0.5) is 9.57 Å². The van der Waals surface area contributed by atoms with E-state index in [1.165, 1.54) is 11.3 Å². The van der Waals surface area contributed by atoms with Crippen LogP contribution in [0.15, 0.2) is 72.8 Å². The third-order valence-electron chi connectivity index (χ3n) is 5.48. The topological polar surface area (TPSA) is 74.3 Å². The van der Waals surface area contributed by atoms with Crippen molar-refractivity contribution in [3.63, 3.8) is 0 Å². The van der Waals surface area contributed by atoms with Gasteiger partial charge in [-0.2, -0.15) is 0 Å². The molecular weight excluding hydrogens is 369 g/mol. The molecule has 4 rings (SSSR count). The Bertz CT molecular complexity index is 938. The second-order valence-corrected chi connectivity index (χ2v) is 7.68. The van der Waals surface area contributed by atoms with Gasteiger partial charge >= 0.3 is 0 Å². The number of hydrogen-bond donors (Lipinski definition) is 0. The van der Waals surface area contributed by atoms with Crippen LogP contribution in [0.25, 0.3) is 0 Å². The quantitative estimate of drug-likeness (QED) is 0.449. The number of carbonyl (C=O) groups is 1. The summed E-state index contributed by atoms with van der Waals surface area (Å²) in [6.45, 7) is 0. The molecule has 0 radical (unpaired) electrons. The van der Waals surface area contributed by atoms with Crippen molar-refractivity contribution in [3.05, 3.63) is 78.4 Å². The average molecular weight is 389 g/mol. The normalized spacial score (nSPS) is 29.1. The molecule has 2 aliphatic heterocycles. The van der Waals surface area contributed by atoms with Crippen LogP contribution in [0.2, 0.25) is 0 Å². The second kappa shape index (κ2) is 7.34. The number of quaternary nitrogens is 1. The Labute approximate surface area is 158 Å². The zero-order valence-corrected chi connectivity index (χ0v) is 15.6. The highest BCUT2D eigenvalue weighted by molar-refractivity contribution is 7.80. The van der Waals surface area contributed by atoms with E-state index in [2.05, 4.69) is 67.7 Å². The molecule has 3 unspecified atom stereocenters. The molecule has 2 heterocycles. The molecule has 7 heteroatoms. The van der Waals surface area contributed by atoms with Crippen molar-refractivity contribution >= 4 is 22.0 Å². The van der Waals surface area contributed by atoms with Crippen molar-refractivity contribution in [3.8, 4) is 0 Å². The second-order valence-electron chi connectivity index (χ2n) is 6.90. The number of benzene rings is 2. The monoisotopic (exact) mass is 389 g/mol. The number of hydrogen-bond acceptors (Lipinski definition) is 4. The molecule has 0 spiro atoms. The maximum absolute atomic E-state index is 12.5. The van der Waals surface area contributed by atoms with E-state index < -0.39 is 10.5 Å². The number of fused-ring (bicyclic) bond motifs is 2. The molecule has 0 amide bonds. The summed E-state index contributed by atoms with van der Waals surface area (Å²) >= 11 is 0. The van der Waals surface area contributed by atoms with Gasteiger partial charge in [-0.25, -0.2) is 8.42 Å². The van der Waals surface area contributed by atoms with Gasteiger partial charge in [-0.1, -0.05) is 48.5 Å². The summed E-state index contributed by atoms with van der Waals surface area (Å²) in [5.41, 5.74) is 2.57. The lowest BCUT2D eigenvalue weighted by Gasteiger charge is -2.41. The predicted molar refractivity (Wildman–Crippen MR) is 100 cm³/mol. The Hall–Kier alpha value is -2.35. The smallest absolute Gasteiger partial charge is 0.255 e. The lowest BCUT2D eigenvalue weighted by Crippen LogP contribution is -2.59. The summed E-state index contributed by atoms with van der Waals surface area (Å²) in [4.78, 5) is 12.5. The zero-order chi connectivity index (χ0) is 19.7. The first-order valence-corrected chi connectivity index (χ1v) is 9.86. The molecule has 2 bridgehead atoms. The van der Waals surface area contributed by atoms with Crippen molar-refractivity contribution in [1.82, 2.24) is 4.48 Å². The summed E-state index contributed by atoms with van der Waals surface area (Å²) in [5.74, 6) is 0.667. The third-order valence-corrected chi connectivity index (χ3v) is 5.48. The first-order chi connectivity index (χ1) is 12.7.